The average Bonchev–Trinajstić information content (AvgIpc) is 2.65. The van der Waals surface area contributed by atoms with Gasteiger partial charge in [-0.3, -0.25) is 14.4 Å². The largest absolute Gasteiger partial charge is 0.350 e. The maximum absolute atomic E-state index is 12.2. The lowest BCUT2D eigenvalue weighted by Crippen LogP contribution is -2.36. The molecule has 0 bridgehead atoms. The molecule has 0 fully saturated rings. The minimum Gasteiger partial charge on any atom is -0.350 e. The third-order valence-electron chi connectivity index (χ3n) is 4.10. The standard InChI is InChI=1S/C22H27N3O3/c1-4-5-20(26)25-19-8-6-17(7-9-19)13-23-21(27)14-24-22(28)18-11-15(2)10-16(3)12-18/h6-12H,4-5,13-14H2,1-3H3,(H,23,27)(H,24,28)(H,25,26). The zero-order chi connectivity index (χ0) is 20.5. The van der Waals surface area contributed by atoms with Crippen molar-refractivity contribution in [3.05, 3.63) is 64.7 Å². The summed E-state index contributed by atoms with van der Waals surface area (Å²) in [6, 6.07) is 12.9. The fraction of sp³-hybridized carbons (Fsp3) is 0.318. The van der Waals surface area contributed by atoms with Gasteiger partial charge < -0.3 is 16.0 Å². The van der Waals surface area contributed by atoms with Crippen LogP contribution in [-0.4, -0.2) is 24.3 Å². The van der Waals surface area contributed by atoms with E-state index < -0.39 is 0 Å². The van der Waals surface area contributed by atoms with E-state index in [1.807, 2.05) is 39.0 Å². The number of rotatable bonds is 8. The molecule has 0 unspecified atom stereocenters. The topological polar surface area (TPSA) is 87.3 Å². The van der Waals surface area contributed by atoms with Gasteiger partial charge in [0.1, 0.15) is 0 Å². The fourth-order valence-electron chi connectivity index (χ4n) is 2.79. The molecule has 0 spiro atoms. The summed E-state index contributed by atoms with van der Waals surface area (Å²) >= 11 is 0. The van der Waals surface area contributed by atoms with Crippen molar-refractivity contribution in [3.8, 4) is 0 Å². The molecule has 3 N–H and O–H groups in total. The molecule has 0 aromatic heterocycles. The van der Waals surface area contributed by atoms with E-state index in [0.717, 1.165) is 28.8 Å². The third-order valence-corrected chi connectivity index (χ3v) is 4.10. The van der Waals surface area contributed by atoms with Gasteiger partial charge in [-0.2, -0.15) is 0 Å². The van der Waals surface area contributed by atoms with E-state index in [-0.39, 0.29) is 24.3 Å². The highest BCUT2D eigenvalue weighted by Crippen LogP contribution is 2.10. The molecule has 2 aromatic carbocycles. The van der Waals surface area contributed by atoms with Gasteiger partial charge in [0.25, 0.3) is 5.91 Å². The molecule has 0 aliphatic rings. The molecule has 3 amide bonds. The number of carbonyl (C=O) groups excluding carboxylic acids is 3. The summed E-state index contributed by atoms with van der Waals surface area (Å²) in [6.45, 7) is 6.07. The van der Waals surface area contributed by atoms with Crippen LogP contribution in [0.15, 0.2) is 42.5 Å². The van der Waals surface area contributed by atoms with Crippen molar-refractivity contribution in [2.45, 2.75) is 40.2 Å². The molecule has 0 saturated carbocycles. The highest BCUT2D eigenvalue weighted by Gasteiger charge is 2.09. The minimum atomic E-state index is -0.269. The Labute approximate surface area is 165 Å². The molecule has 28 heavy (non-hydrogen) atoms. The molecule has 148 valence electrons. The maximum atomic E-state index is 12.2. The molecule has 0 atom stereocenters. The van der Waals surface area contributed by atoms with E-state index in [9.17, 15) is 14.4 Å². The van der Waals surface area contributed by atoms with Crippen molar-refractivity contribution in [1.29, 1.82) is 0 Å². The zero-order valence-electron chi connectivity index (χ0n) is 16.6. The first-order valence-electron chi connectivity index (χ1n) is 9.39. The Bertz CT molecular complexity index is 824. The number of nitrogens with one attached hydrogen (secondary N) is 3. The van der Waals surface area contributed by atoms with Crippen molar-refractivity contribution in [2.75, 3.05) is 11.9 Å². The molecule has 0 aliphatic heterocycles. The van der Waals surface area contributed by atoms with Gasteiger partial charge in [-0.25, -0.2) is 0 Å². The second kappa shape index (κ2) is 10.3. The van der Waals surface area contributed by atoms with Crippen LogP contribution >= 0.6 is 0 Å². The van der Waals surface area contributed by atoms with Crippen LogP contribution in [0.1, 0.15) is 46.8 Å². The van der Waals surface area contributed by atoms with Gasteiger partial charge in [-0.05, 0) is 50.1 Å². The van der Waals surface area contributed by atoms with Crippen LogP contribution in [0.3, 0.4) is 0 Å². The van der Waals surface area contributed by atoms with Gasteiger partial charge in [-0.1, -0.05) is 36.2 Å². The number of benzene rings is 2. The third kappa shape index (κ3) is 6.87. The first kappa shape index (κ1) is 21.2. The van der Waals surface area contributed by atoms with Crippen molar-refractivity contribution >= 4 is 23.4 Å². The Morgan fingerprint density at radius 3 is 2.11 bits per heavy atom. The predicted molar refractivity (Wildman–Crippen MR) is 110 cm³/mol. The van der Waals surface area contributed by atoms with Crippen molar-refractivity contribution in [1.82, 2.24) is 10.6 Å². The first-order chi connectivity index (χ1) is 13.4. The van der Waals surface area contributed by atoms with Crippen LogP contribution in [-0.2, 0) is 16.1 Å². The SMILES string of the molecule is CCCC(=O)Nc1ccc(CNC(=O)CNC(=O)c2cc(C)cc(C)c2)cc1. The number of hydrogen-bond acceptors (Lipinski definition) is 3. The Morgan fingerprint density at radius 2 is 1.50 bits per heavy atom. The van der Waals surface area contributed by atoms with E-state index in [1.54, 1.807) is 24.3 Å². The Hall–Kier alpha value is -3.15. The molecule has 0 radical (unpaired) electrons. The lowest BCUT2D eigenvalue weighted by atomic mass is 10.1. The Kier molecular flexibility index (Phi) is 7.75. The zero-order valence-corrected chi connectivity index (χ0v) is 16.6. The molecule has 6 heteroatoms. The van der Waals surface area contributed by atoms with Gasteiger partial charge in [-0.15, -0.1) is 0 Å². The highest BCUT2D eigenvalue weighted by molar-refractivity contribution is 5.96. The second-order valence-corrected chi connectivity index (χ2v) is 6.83. The van der Waals surface area contributed by atoms with Crippen molar-refractivity contribution < 1.29 is 14.4 Å². The maximum Gasteiger partial charge on any atom is 0.251 e. The predicted octanol–water partition coefficient (Wildman–Crippen LogP) is 3.09. The van der Waals surface area contributed by atoms with E-state index in [1.165, 1.54) is 0 Å². The highest BCUT2D eigenvalue weighted by atomic mass is 16.2. The summed E-state index contributed by atoms with van der Waals surface area (Å²) in [5.74, 6) is -0.546. The van der Waals surface area contributed by atoms with Gasteiger partial charge in [0.15, 0.2) is 0 Å². The summed E-state index contributed by atoms with van der Waals surface area (Å²) in [6.07, 6.45) is 1.29. The number of anilines is 1. The number of hydrogen-bond donors (Lipinski definition) is 3. The Morgan fingerprint density at radius 1 is 0.857 bits per heavy atom. The average molecular weight is 381 g/mol. The quantitative estimate of drug-likeness (QED) is 0.657. The van der Waals surface area contributed by atoms with Crippen LogP contribution in [0.5, 0.6) is 0 Å². The van der Waals surface area contributed by atoms with E-state index >= 15 is 0 Å². The summed E-state index contributed by atoms with van der Waals surface area (Å²) in [7, 11) is 0. The smallest absolute Gasteiger partial charge is 0.251 e. The normalized spacial score (nSPS) is 10.2. The minimum absolute atomic E-state index is 0.0110. The van der Waals surface area contributed by atoms with Crippen molar-refractivity contribution in [3.63, 3.8) is 0 Å². The summed E-state index contributed by atoms with van der Waals surface area (Å²) in [5, 5.41) is 8.22. The van der Waals surface area contributed by atoms with Crippen molar-refractivity contribution in [2.24, 2.45) is 0 Å². The van der Waals surface area contributed by atoms with E-state index in [2.05, 4.69) is 16.0 Å². The Balaban J connectivity index is 1.77. The molecule has 6 nitrogen and oxygen atoms in total. The van der Waals surface area contributed by atoms with Crippen LogP contribution in [0.2, 0.25) is 0 Å². The second-order valence-electron chi connectivity index (χ2n) is 6.83. The lowest BCUT2D eigenvalue weighted by Gasteiger charge is -2.09. The fourth-order valence-corrected chi connectivity index (χ4v) is 2.79. The summed E-state index contributed by atoms with van der Waals surface area (Å²) in [5.41, 5.74) is 4.19. The number of amides is 3. The molecule has 0 aliphatic carbocycles. The lowest BCUT2D eigenvalue weighted by molar-refractivity contribution is -0.120. The van der Waals surface area contributed by atoms with Gasteiger partial charge >= 0.3 is 0 Å². The summed E-state index contributed by atoms with van der Waals surface area (Å²) in [4.78, 5) is 35.7. The number of aryl methyl sites for hydroxylation is 2. The molecule has 2 aromatic rings. The van der Waals surface area contributed by atoms with Gasteiger partial charge in [0.05, 0.1) is 6.54 Å². The molecular formula is C22H27N3O3. The summed E-state index contributed by atoms with van der Waals surface area (Å²) < 4.78 is 0. The van der Waals surface area contributed by atoms with Gasteiger partial charge in [0, 0.05) is 24.2 Å². The number of carbonyl (C=O) groups is 3. The van der Waals surface area contributed by atoms with Crippen LogP contribution < -0.4 is 16.0 Å². The molecule has 0 saturated heterocycles. The molecule has 2 rings (SSSR count). The van der Waals surface area contributed by atoms with Gasteiger partial charge in [0.2, 0.25) is 11.8 Å². The monoisotopic (exact) mass is 381 g/mol. The molecular weight excluding hydrogens is 354 g/mol. The van der Waals surface area contributed by atoms with Crippen LogP contribution in [0.4, 0.5) is 5.69 Å². The molecule has 0 heterocycles. The van der Waals surface area contributed by atoms with E-state index in [4.69, 9.17) is 0 Å². The van der Waals surface area contributed by atoms with E-state index in [0.29, 0.717) is 18.5 Å². The van der Waals surface area contributed by atoms with Crippen LogP contribution in [0, 0.1) is 13.8 Å². The first-order valence-corrected chi connectivity index (χ1v) is 9.39. The van der Waals surface area contributed by atoms with Crippen LogP contribution in [0.25, 0.3) is 0 Å².